The Morgan fingerprint density at radius 3 is 0.367 bits per heavy atom. The summed E-state index contributed by atoms with van der Waals surface area (Å²) >= 11 is 0. The molecule has 0 amide bonds. The Morgan fingerprint density at radius 1 is 0.167 bits per heavy atom. The first kappa shape index (κ1) is 59.7. The Balaban J connectivity index is 3.06. The van der Waals surface area contributed by atoms with Crippen LogP contribution in [0.3, 0.4) is 0 Å². The highest BCUT2D eigenvalue weighted by molar-refractivity contribution is 4.65. The maximum Gasteiger partial charge on any atom is -0.0353 e. The Hall–Kier alpha value is -0.260. The van der Waals surface area contributed by atoms with Crippen LogP contribution in [0.4, 0.5) is 0 Å². The van der Waals surface area contributed by atoms with Gasteiger partial charge in [-0.2, -0.15) is 0 Å². The maximum atomic E-state index is 3.82. The van der Waals surface area contributed by atoms with E-state index >= 15 is 0 Å². The molecule has 0 fully saturated rings. The van der Waals surface area contributed by atoms with E-state index in [0.717, 1.165) is 0 Å². The molecule has 0 aliphatic rings. The molecule has 0 aromatic carbocycles. The molecule has 0 spiro atoms. The topological polar surface area (TPSA) is 0 Å². The molecule has 0 saturated heterocycles. The van der Waals surface area contributed by atoms with Crippen LogP contribution in [0.15, 0.2) is 12.7 Å². The third-order valence-electron chi connectivity index (χ3n) is 14.3. The van der Waals surface area contributed by atoms with Crippen molar-refractivity contribution in [1.82, 2.24) is 0 Å². The van der Waals surface area contributed by atoms with Crippen molar-refractivity contribution < 1.29 is 0 Å². The van der Waals surface area contributed by atoms with Crippen LogP contribution in [-0.4, -0.2) is 0 Å². The molecule has 0 radical (unpaired) electrons. The quantitative estimate of drug-likeness (QED) is 0.0423. The molecule has 0 atom stereocenters. The summed E-state index contributed by atoms with van der Waals surface area (Å²) in [5, 5.41) is 0. The molecule has 0 bridgehead atoms. The van der Waals surface area contributed by atoms with E-state index in [4.69, 9.17) is 0 Å². The third-order valence-corrected chi connectivity index (χ3v) is 14.3. The van der Waals surface area contributed by atoms with Gasteiger partial charge >= 0.3 is 0 Å². The van der Waals surface area contributed by atoms with Gasteiger partial charge in [-0.25, -0.2) is 0 Å². The summed E-state index contributed by atoms with van der Waals surface area (Å²) in [5.41, 5.74) is 0. The van der Waals surface area contributed by atoms with Crippen molar-refractivity contribution in [2.45, 2.75) is 373 Å². The fourth-order valence-corrected chi connectivity index (χ4v) is 9.91. The average Bonchev–Trinajstić information content (AvgIpc) is 3.26. The molecule has 0 aliphatic carbocycles. The van der Waals surface area contributed by atoms with E-state index in [1.165, 1.54) is 366 Å². The Bertz CT molecular complexity index is 707. The molecule has 0 aromatic rings. The number of allylic oxidation sites excluding steroid dienone is 1. The van der Waals surface area contributed by atoms with Crippen molar-refractivity contribution in [2.75, 3.05) is 0 Å². The lowest BCUT2D eigenvalue weighted by molar-refractivity contribution is 0.507. The highest BCUT2D eigenvalue weighted by Gasteiger charge is 2.00. The van der Waals surface area contributed by atoms with Crippen molar-refractivity contribution in [3.05, 3.63) is 12.7 Å². The summed E-state index contributed by atoms with van der Waals surface area (Å²) in [6.07, 6.45) is 86.4. The van der Waals surface area contributed by atoms with Gasteiger partial charge in [0.05, 0.1) is 0 Å². The van der Waals surface area contributed by atoms with Crippen LogP contribution in [0, 0.1) is 0 Å². The van der Waals surface area contributed by atoms with Gasteiger partial charge in [-0.05, 0) is 12.8 Å². The van der Waals surface area contributed by atoms with E-state index < -0.39 is 0 Å². The van der Waals surface area contributed by atoms with Crippen LogP contribution in [0.1, 0.15) is 373 Å². The molecule has 360 valence electrons. The molecular formula is C60H120. The number of unbranched alkanes of at least 4 members (excludes halogenated alkanes) is 56. The predicted molar refractivity (Wildman–Crippen MR) is 279 cm³/mol. The van der Waals surface area contributed by atoms with Crippen LogP contribution in [-0.2, 0) is 0 Å². The van der Waals surface area contributed by atoms with Gasteiger partial charge in [0.2, 0.25) is 0 Å². The standard InChI is InChI=1S/C60H120/c1-3-5-7-9-11-13-15-17-19-21-23-25-27-29-31-33-35-37-39-41-43-45-47-49-51-53-55-57-59-60-58-56-54-52-50-48-46-44-42-40-38-36-34-32-30-28-26-24-22-20-18-16-14-12-10-8-6-4-2/h3H,1,4-60H2,2H3. The Morgan fingerprint density at radius 2 is 0.267 bits per heavy atom. The Kier molecular flexibility index (Phi) is 58.5. The van der Waals surface area contributed by atoms with Gasteiger partial charge < -0.3 is 0 Å². The van der Waals surface area contributed by atoms with Crippen molar-refractivity contribution in [2.24, 2.45) is 0 Å². The largest absolute Gasteiger partial charge is 0.103 e. The number of rotatable bonds is 57. The number of hydrogen-bond acceptors (Lipinski definition) is 0. The molecule has 0 nitrogen and oxygen atoms in total. The molecule has 0 heteroatoms. The molecule has 0 rings (SSSR count). The van der Waals surface area contributed by atoms with Gasteiger partial charge in [0.15, 0.2) is 0 Å². The van der Waals surface area contributed by atoms with Gasteiger partial charge in [-0.1, -0.05) is 366 Å². The van der Waals surface area contributed by atoms with Gasteiger partial charge in [-0.15, -0.1) is 6.58 Å². The van der Waals surface area contributed by atoms with E-state index in [9.17, 15) is 0 Å². The molecule has 60 heavy (non-hydrogen) atoms. The van der Waals surface area contributed by atoms with Crippen molar-refractivity contribution >= 4 is 0 Å². The monoisotopic (exact) mass is 841 g/mol. The molecular weight excluding hydrogens is 721 g/mol. The summed E-state index contributed by atoms with van der Waals surface area (Å²) in [7, 11) is 0. The molecule has 0 aliphatic heterocycles. The van der Waals surface area contributed by atoms with E-state index in [1.807, 2.05) is 0 Å². The highest BCUT2D eigenvalue weighted by atomic mass is 14.1. The van der Waals surface area contributed by atoms with Crippen molar-refractivity contribution in [3.63, 3.8) is 0 Å². The lowest BCUT2D eigenvalue weighted by Gasteiger charge is -2.05. The summed E-state index contributed by atoms with van der Waals surface area (Å²) in [5.74, 6) is 0. The van der Waals surface area contributed by atoms with Crippen LogP contribution in [0.2, 0.25) is 0 Å². The first-order chi connectivity index (χ1) is 29.9. The minimum Gasteiger partial charge on any atom is -0.103 e. The molecule has 0 N–H and O–H groups in total. The summed E-state index contributed by atoms with van der Waals surface area (Å²) in [6.45, 7) is 6.13. The first-order valence-corrected chi connectivity index (χ1v) is 29.5. The Labute approximate surface area is 384 Å². The van der Waals surface area contributed by atoms with Gasteiger partial charge in [0.25, 0.3) is 0 Å². The zero-order chi connectivity index (χ0) is 43.0. The third kappa shape index (κ3) is 57.7. The second-order valence-corrected chi connectivity index (χ2v) is 20.5. The maximum absolute atomic E-state index is 3.82. The highest BCUT2D eigenvalue weighted by Crippen LogP contribution is 2.19. The van der Waals surface area contributed by atoms with E-state index in [1.54, 1.807) is 0 Å². The zero-order valence-electron chi connectivity index (χ0n) is 42.6. The predicted octanol–water partition coefficient (Wildman–Crippen LogP) is 23.4. The number of hydrogen-bond donors (Lipinski definition) is 0. The van der Waals surface area contributed by atoms with E-state index in [-0.39, 0.29) is 0 Å². The van der Waals surface area contributed by atoms with Gasteiger partial charge in [0.1, 0.15) is 0 Å². The summed E-state index contributed by atoms with van der Waals surface area (Å²) in [6, 6.07) is 0. The van der Waals surface area contributed by atoms with Crippen LogP contribution < -0.4 is 0 Å². The van der Waals surface area contributed by atoms with E-state index in [0.29, 0.717) is 0 Å². The fraction of sp³-hybridized carbons (Fsp3) is 0.967. The minimum absolute atomic E-state index is 1.21. The normalized spacial score (nSPS) is 11.6. The average molecular weight is 842 g/mol. The zero-order valence-corrected chi connectivity index (χ0v) is 42.6. The summed E-state index contributed by atoms with van der Waals surface area (Å²) in [4.78, 5) is 0. The van der Waals surface area contributed by atoms with Gasteiger partial charge in [-0.3, -0.25) is 0 Å². The smallest absolute Gasteiger partial charge is 0.0353 e. The van der Waals surface area contributed by atoms with Crippen LogP contribution in [0.5, 0.6) is 0 Å². The first-order valence-electron chi connectivity index (χ1n) is 29.5. The van der Waals surface area contributed by atoms with Crippen LogP contribution in [0.25, 0.3) is 0 Å². The fourth-order valence-electron chi connectivity index (χ4n) is 9.91. The SMILES string of the molecule is C=CCCCCCCCCCCCCCCCCCCCCCCCCCCCCCCCCCCCCCCCCCCCCCCCCCCCCCCCCCC. The van der Waals surface area contributed by atoms with Gasteiger partial charge in [0, 0.05) is 0 Å². The lowest BCUT2D eigenvalue weighted by Crippen LogP contribution is -1.85. The van der Waals surface area contributed by atoms with Crippen molar-refractivity contribution in [1.29, 1.82) is 0 Å². The van der Waals surface area contributed by atoms with Crippen LogP contribution >= 0.6 is 0 Å². The molecule has 0 aromatic heterocycles. The van der Waals surface area contributed by atoms with E-state index in [2.05, 4.69) is 19.6 Å². The minimum atomic E-state index is 1.21. The second-order valence-electron chi connectivity index (χ2n) is 20.5. The second kappa shape index (κ2) is 58.7. The van der Waals surface area contributed by atoms with Crippen molar-refractivity contribution in [3.8, 4) is 0 Å². The summed E-state index contributed by atoms with van der Waals surface area (Å²) < 4.78 is 0. The lowest BCUT2D eigenvalue weighted by atomic mass is 10.0. The molecule has 0 saturated carbocycles. The molecule has 0 heterocycles. The molecule has 0 unspecified atom stereocenters.